The number of piperazine rings is 1. The Morgan fingerprint density at radius 1 is 1.33 bits per heavy atom. The molecule has 1 aliphatic rings. The van der Waals surface area contributed by atoms with Crippen LogP contribution in [0.1, 0.15) is 18.2 Å². The van der Waals surface area contributed by atoms with Gasteiger partial charge in [0.05, 0.1) is 12.8 Å². The Balaban J connectivity index is 1.47. The van der Waals surface area contributed by atoms with Crippen LogP contribution >= 0.6 is 11.3 Å². The van der Waals surface area contributed by atoms with E-state index >= 15 is 0 Å². The van der Waals surface area contributed by atoms with Crippen molar-refractivity contribution < 1.29 is 4.42 Å². The van der Waals surface area contributed by atoms with Gasteiger partial charge in [-0.1, -0.05) is 6.92 Å². The quantitative estimate of drug-likeness (QED) is 0.886. The van der Waals surface area contributed by atoms with Crippen LogP contribution in [0.2, 0.25) is 0 Å². The highest BCUT2D eigenvalue weighted by molar-refractivity contribution is 7.13. The molecule has 5 nitrogen and oxygen atoms in total. The fourth-order valence-electron chi connectivity index (χ4n) is 2.56. The number of rotatable bonds is 6. The molecule has 2 aromatic heterocycles. The largest absolute Gasteiger partial charge is 0.468 e. The molecule has 1 fully saturated rings. The van der Waals surface area contributed by atoms with Crippen molar-refractivity contribution in [1.29, 1.82) is 0 Å². The van der Waals surface area contributed by atoms with Gasteiger partial charge in [0.15, 0.2) is 5.13 Å². The molecular formula is C15H22N4OS. The Morgan fingerprint density at radius 3 is 2.90 bits per heavy atom. The number of hydrogen-bond acceptors (Lipinski definition) is 6. The van der Waals surface area contributed by atoms with Crippen molar-refractivity contribution in [3.05, 3.63) is 35.2 Å². The Kier molecular flexibility index (Phi) is 4.90. The van der Waals surface area contributed by atoms with Crippen molar-refractivity contribution in [3.8, 4) is 0 Å². The van der Waals surface area contributed by atoms with Crippen LogP contribution in [0.4, 0.5) is 5.13 Å². The fraction of sp³-hybridized carbons (Fsp3) is 0.533. The minimum absolute atomic E-state index is 0.887. The normalized spacial score (nSPS) is 16.5. The van der Waals surface area contributed by atoms with Crippen LogP contribution in [0.5, 0.6) is 0 Å². The minimum Gasteiger partial charge on any atom is -0.468 e. The van der Waals surface area contributed by atoms with Crippen molar-refractivity contribution >= 4 is 16.5 Å². The highest BCUT2D eigenvalue weighted by atomic mass is 32.1. The van der Waals surface area contributed by atoms with Crippen LogP contribution in [0.15, 0.2) is 28.3 Å². The first-order valence-corrected chi connectivity index (χ1v) is 8.37. The number of aromatic nitrogens is 1. The van der Waals surface area contributed by atoms with Crippen LogP contribution < -0.4 is 10.2 Å². The molecule has 6 heteroatoms. The molecule has 0 aromatic carbocycles. The smallest absolute Gasteiger partial charge is 0.185 e. The van der Waals surface area contributed by atoms with E-state index in [4.69, 9.17) is 4.42 Å². The third-order valence-electron chi connectivity index (χ3n) is 3.73. The molecule has 0 amide bonds. The molecule has 1 saturated heterocycles. The molecule has 2 aromatic rings. The highest BCUT2D eigenvalue weighted by Crippen LogP contribution is 2.20. The summed E-state index contributed by atoms with van der Waals surface area (Å²) in [6, 6.07) is 2.16. The van der Waals surface area contributed by atoms with Crippen molar-refractivity contribution in [2.24, 2.45) is 0 Å². The number of anilines is 1. The molecule has 0 spiro atoms. The number of hydrogen-bond donors (Lipinski definition) is 1. The standard InChI is InChI=1S/C15H22N4OS/c1-2-16-10-13-9-14(20-12-13)11-18-4-6-19(7-5-18)15-17-3-8-21-15/h3,8-9,12,16H,2,4-7,10-11H2,1H3. The monoisotopic (exact) mass is 306 g/mol. The van der Waals surface area contributed by atoms with E-state index in [9.17, 15) is 0 Å². The van der Waals surface area contributed by atoms with Gasteiger partial charge in [0.2, 0.25) is 0 Å². The lowest BCUT2D eigenvalue weighted by Gasteiger charge is -2.34. The highest BCUT2D eigenvalue weighted by Gasteiger charge is 2.19. The number of furan rings is 1. The molecule has 1 aliphatic heterocycles. The van der Waals surface area contributed by atoms with E-state index in [2.05, 4.69) is 33.1 Å². The SMILES string of the molecule is CCNCc1coc(CN2CCN(c3nccs3)CC2)c1. The minimum atomic E-state index is 0.887. The van der Waals surface area contributed by atoms with Gasteiger partial charge in [0.25, 0.3) is 0 Å². The summed E-state index contributed by atoms with van der Waals surface area (Å²) in [7, 11) is 0. The lowest BCUT2D eigenvalue weighted by Crippen LogP contribution is -2.45. The zero-order valence-corrected chi connectivity index (χ0v) is 13.2. The average Bonchev–Trinajstić information content (AvgIpc) is 3.17. The van der Waals surface area contributed by atoms with Crippen molar-refractivity contribution in [2.45, 2.75) is 20.0 Å². The van der Waals surface area contributed by atoms with Gasteiger partial charge in [0.1, 0.15) is 5.76 Å². The zero-order valence-electron chi connectivity index (χ0n) is 12.4. The second-order valence-electron chi connectivity index (χ2n) is 5.28. The van der Waals surface area contributed by atoms with Crippen LogP contribution in [0, 0.1) is 0 Å². The van der Waals surface area contributed by atoms with Crippen molar-refractivity contribution in [3.63, 3.8) is 0 Å². The Bertz CT molecular complexity index is 532. The maximum atomic E-state index is 5.66. The number of thiazole rings is 1. The first-order valence-electron chi connectivity index (χ1n) is 7.49. The Hall–Kier alpha value is -1.37. The van der Waals surface area contributed by atoms with Gasteiger partial charge >= 0.3 is 0 Å². The fourth-order valence-corrected chi connectivity index (χ4v) is 3.26. The number of nitrogens with zero attached hydrogens (tertiary/aromatic N) is 3. The van der Waals surface area contributed by atoms with Gasteiger partial charge in [-0.25, -0.2) is 4.98 Å². The van der Waals surface area contributed by atoms with E-state index in [1.165, 1.54) is 5.56 Å². The lowest BCUT2D eigenvalue weighted by molar-refractivity contribution is 0.230. The van der Waals surface area contributed by atoms with E-state index in [0.29, 0.717) is 0 Å². The lowest BCUT2D eigenvalue weighted by atomic mass is 10.2. The molecule has 3 heterocycles. The van der Waals surface area contributed by atoms with Crippen molar-refractivity contribution in [1.82, 2.24) is 15.2 Å². The maximum absolute atomic E-state index is 5.66. The molecule has 3 rings (SSSR count). The van der Waals surface area contributed by atoms with E-state index in [1.807, 2.05) is 17.8 Å². The summed E-state index contributed by atoms with van der Waals surface area (Å²) in [5.41, 5.74) is 1.23. The first kappa shape index (κ1) is 14.6. The summed E-state index contributed by atoms with van der Waals surface area (Å²) in [5, 5.41) is 6.49. The van der Waals surface area contributed by atoms with E-state index in [-0.39, 0.29) is 0 Å². The van der Waals surface area contributed by atoms with Crippen LogP contribution in [0.25, 0.3) is 0 Å². The van der Waals surface area contributed by atoms with E-state index < -0.39 is 0 Å². The predicted octanol–water partition coefficient (Wildman–Crippen LogP) is 2.17. The van der Waals surface area contributed by atoms with Crippen LogP contribution in [-0.4, -0.2) is 42.6 Å². The average molecular weight is 306 g/mol. The van der Waals surface area contributed by atoms with Gasteiger partial charge in [0, 0.05) is 49.9 Å². The molecule has 21 heavy (non-hydrogen) atoms. The summed E-state index contributed by atoms with van der Waals surface area (Å²) in [4.78, 5) is 9.19. The summed E-state index contributed by atoms with van der Waals surface area (Å²) < 4.78 is 5.66. The van der Waals surface area contributed by atoms with E-state index in [0.717, 1.165) is 56.7 Å². The Labute approximate surface area is 129 Å². The predicted molar refractivity (Wildman–Crippen MR) is 85.7 cm³/mol. The third kappa shape index (κ3) is 3.84. The van der Waals surface area contributed by atoms with Crippen molar-refractivity contribution in [2.75, 3.05) is 37.6 Å². The second-order valence-corrected chi connectivity index (χ2v) is 6.15. The maximum Gasteiger partial charge on any atom is 0.185 e. The molecular weight excluding hydrogens is 284 g/mol. The van der Waals surface area contributed by atoms with Gasteiger partial charge in [-0.05, 0) is 12.6 Å². The zero-order chi connectivity index (χ0) is 14.5. The molecule has 0 saturated carbocycles. The molecule has 1 N–H and O–H groups in total. The molecule has 0 aliphatic carbocycles. The second kappa shape index (κ2) is 7.06. The number of nitrogens with one attached hydrogen (secondary N) is 1. The van der Waals surface area contributed by atoms with Crippen LogP contribution in [0.3, 0.4) is 0 Å². The van der Waals surface area contributed by atoms with Gasteiger partial charge < -0.3 is 14.6 Å². The molecule has 114 valence electrons. The van der Waals surface area contributed by atoms with Gasteiger partial charge in [-0.15, -0.1) is 11.3 Å². The third-order valence-corrected chi connectivity index (χ3v) is 4.56. The summed E-state index contributed by atoms with van der Waals surface area (Å²) in [5.74, 6) is 1.06. The molecule has 0 atom stereocenters. The topological polar surface area (TPSA) is 44.5 Å². The molecule has 0 unspecified atom stereocenters. The van der Waals surface area contributed by atoms with Gasteiger partial charge in [-0.2, -0.15) is 0 Å². The molecule has 0 radical (unpaired) electrons. The van der Waals surface area contributed by atoms with Gasteiger partial charge in [-0.3, -0.25) is 4.90 Å². The van der Waals surface area contributed by atoms with E-state index in [1.54, 1.807) is 11.3 Å². The summed E-state index contributed by atoms with van der Waals surface area (Å²) >= 11 is 1.72. The first-order chi connectivity index (χ1) is 10.3. The summed E-state index contributed by atoms with van der Waals surface area (Å²) in [6.07, 6.45) is 3.74. The van der Waals surface area contributed by atoms with Crippen LogP contribution in [-0.2, 0) is 13.1 Å². The molecule has 0 bridgehead atoms. The Morgan fingerprint density at radius 2 is 2.19 bits per heavy atom. The summed E-state index contributed by atoms with van der Waals surface area (Å²) in [6.45, 7) is 9.08.